The van der Waals surface area contributed by atoms with Crippen LogP contribution in [0, 0.1) is 0 Å². The predicted octanol–water partition coefficient (Wildman–Crippen LogP) is 3.91. The smallest absolute Gasteiger partial charge is 0.237 e. The third kappa shape index (κ3) is 3.85. The van der Waals surface area contributed by atoms with Crippen LogP contribution < -0.4 is 4.90 Å². The van der Waals surface area contributed by atoms with Gasteiger partial charge in [0.2, 0.25) is 5.91 Å². The van der Waals surface area contributed by atoms with Crippen LogP contribution in [0.3, 0.4) is 0 Å². The molecule has 1 aliphatic rings. The predicted molar refractivity (Wildman–Crippen MR) is 112 cm³/mol. The molecule has 1 aromatic heterocycles. The number of methoxy groups -OCH3 is 1. The lowest BCUT2D eigenvalue weighted by atomic mass is 10.3. The normalized spacial score (nSPS) is 13.7. The van der Waals surface area contributed by atoms with Crippen molar-refractivity contribution in [3.63, 3.8) is 0 Å². The molecule has 5 nitrogen and oxygen atoms in total. The molecule has 0 spiro atoms. The number of aromatic nitrogens is 2. The molecule has 0 fully saturated rings. The Hall–Kier alpha value is -1.96. The number of ether oxygens (including phenoxy) is 1. The number of benzene rings is 2. The second-order valence-corrected chi connectivity index (χ2v) is 8.26. The number of nitrogens with zero attached hydrogens (tertiary/aromatic N) is 3. The minimum absolute atomic E-state index is 0.123. The molecule has 0 aliphatic carbocycles. The fourth-order valence-electron chi connectivity index (χ4n) is 3.20. The highest BCUT2D eigenvalue weighted by Crippen LogP contribution is 2.35. The van der Waals surface area contributed by atoms with Crippen molar-refractivity contribution >= 4 is 46.2 Å². The van der Waals surface area contributed by atoms with Crippen LogP contribution in [0.2, 0.25) is 0 Å². The van der Waals surface area contributed by atoms with E-state index in [1.807, 2.05) is 53.1 Å². The zero-order valence-electron chi connectivity index (χ0n) is 15.1. The number of fused-ring (bicyclic) bond motifs is 2. The maximum atomic E-state index is 12.9. The molecule has 2 aromatic carbocycles. The van der Waals surface area contributed by atoms with Crippen molar-refractivity contribution in [2.75, 3.05) is 36.7 Å². The molecule has 0 atom stereocenters. The number of hydrogen-bond acceptors (Lipinski definition) is 5. The minimum Gasteiger partial charge on any atom is -0.383 e. The standard InChI is InChI=1S/C20H21N3O2S2/c1-25-12-10-23-16-7-3-2-6-15(16)21-20(23)27-14-19(24)22-11-13-26-18-9-5-4-8-17(18)22/h2-9H,10-14H2,1H3. The number of carbonyl (C=O) groups excluding carboxylic acids is 1. The number of hydrogen-bond donors (Lipinski definition) is 0. The summed E-state index contributed by atoms with van der Waals surface area (Å²) in [5.41, 5.74) is 3.04. The summed E-state index contributed by atoms with van der Waals surface area (Å²) in [7, 11) is 1.70. The molecule has 7 heteroatoms. The van der Waals surface area contributed by atoms with Crippen molar-refractivity contribution < 1.29 is 9.53 Å². The van der Waals surface area contributed by atoms with E-state index in [-0.39, 0.29) is 5.91 Å². The maximum Gasteiger partial charge on any atom is 0.237 e. The Labute approximate surface area is 167 Å². The summed E-state index contributed by atoms with van der Waals surface area (Å²) >= 11 is 3.31. The first kappa shape index (κ1) is 18.4. The van der Waals surface area contributed by atoms with Crippen LogP contribution >= 0.6 is 23.5 Å². The van der Waals surface area contributed by atoms with Gasteiger partial charge in [0.15, 0.2) is 5.16 Å². The lowest BCUT2D eigenvalue weighted by molar-refractivity contribution is -0.116. The molecule has 0 N–H and O–H groups in total. The van der Waals surface area contributed by atoms with E-state index in [1.165, 1.54) is 16.7 Å². The van der Waals surface area contributed by atoms with Crippen molar-refractivity contribution in [1.29, 1.82) is 0 Å². The zero-order valence-corrected chi connectivity index (χ0v) is 16.8. The Morgan fingerprint density at radius 1 is 1.22 bits per heavy atom. The monoisotopic (exact) mass is 399 g/mol. The molecular formula is C20H21N3O2S2. The fraction of sp³-hybridized carbons (Fsp3) is 0.300. The van der Waals surface area contributed by atoms with Crippen LogP contribution in [0.25, 0.3) is 11.0 Å². The van der Waals surface area contributed by atoms with Crippen LogP contribution in [0.1, 0.15) is 0 Å². The Kier molecular flexibility index (Phi) is 5.71. The first-order chi connectivity index (χ1) is 13.3. The van der Waals surface area contributed by atoms with E-state index in [2.05, 4.69) is 16.7 Å². The minimum atomic E-state index is 0.123. The van der Waals surface area contributed by atoms with Gasteiger partial charge in [0.05, 0.1) is 29.1 Å². The molecule has 0 unspecified atom stereocenters. The van der Waals surface area contributed by atoms with E-state index in [1.54, 1.807) is 7.11 Å². The van der Waals surface area contributed by atoms with Crippen molar-refractivity contribution in [1.82, 2.24) is 9.55 Å². The molecule has 2 heterocycles. The van der Waals surface area contributed by atoms with Crippen LogP contribution in [0.15, 0.2) is 58.6 Å². The van der Waals surface area contributed by atoms with Gasteiger partial charge in [-0.2, -0.15) is 0 Å². The largest absolute Gasteiger partial charge is 0.383 e. The van der Waals surface area contributed by atoms with Gasteiger partial charge in [0, 0.05) is 30.8 Å². The summed E-state index contributed by atoms with van der Waals surface area (Å²) in [6.45, 7) is 2.08. The van der Waals surface area contributed by atoms with E-state index in [4.69, 9.17) is 9.72 Å². The summed E-state index contributed by atoms with van der Waals surface area (Å²) in [5.74, 6) is 1.42. The molecule has 1 amide bonds. The van der Waals surface area contributed by atoms with Crippen LogP contribution in [-0.2, 0) is 16.1 Å². The van der Waals surface area contributed by atoms with Gasteiger partial charge in [-0.25, -0.2) is 4.98 Å². The lowest BCUT2D eigenvalue weighted by Crippen LogP contribution is -2.36. The summed E-state index contributed by atoms with van der Waals surface area (Å²) in [5, 5.41) is 0.862. The SMILES string of the molecule is COCCn1c(SCC(=O)N2CCSc3ccccc32)nc2ccccc21. The Balaban J connectivity index is 1.53. The van der Waals surface area contributed by atoms with Crippen LogP contribution in [0.5, 0.6) is 0 Å². The Morgan fingerprint density at radius 3 is 2.93 bits per heavy atom. The topological polar surface area (TPSA) is 47.4 Å². The van der Waals surface area contributed by atoms with E-state index < -0.39 is 0 Å². The summed E-state index contributed by atoms with van der Waals surface area (Å²) < 4.78 is 7.38. The van der Waals surface area contributed by atoms with E-state index in [9.17, 15) is 4.79 Å². The highest BCUT2D eigenvalue weighted by molar-refractivity contribution is 8.00. The molecule has 1 aliphatic heterocycles. The molecule has 3 aromatic rings. The van der Waals surface area contributed by atoms with E-state index >= 15 is 0 Å². The highest BCUT2D eigenvalue weighted by atomic mass is 32.2. The van der Waals surface area contributed by atoms with Crippen LogP contribution in [-0.4, -0.2) is 47.2 Å². The quantitative estimate of drug-likeness (QED) is 0.588. The first-order valence-corrected chi connectivity index (χ1v) is 10.8. The van der Waals surface area contributed by atoms with Gasteiger partial charge in [0.25, 0.3) is 0 Å². The molecule has 140 valence electrons. The summed E-state index contributed by atoms with van der Waals surface area (Å²) in [6.07, 6.45) is 0. The van der Waals surface area contributed by atoms with Gasteiger partial charge in [-0.05, 0) is 24.3 Å². The van der Waals surface area contributed by atoms with Gasteiger partial charge in [-0.3, -0.25) is 4.79 Å². The van der Waals surface area contributed by atoms with E-state index in [0.29, 0.717) is 12.4 Å². The lowest BCUT2D eigenvalue weighted by Gasteiger charge is -2.28. The number of thioether (sulfide) groups is 2. The molecule has 0 saturated carbocycles. The van der Waals surface area contributed by atoms with Gasteiger partial charge < -0.3 is 14.2 Å². The molecule has 4 rings (SSSR count). The van der Waals surface area contributed by atoms with Gasteiger partial charge >= 0.3 is 0 Å². The second kappa shape index (κ2) is 8.37. The molecular weight excluding hydrogens is 378 g/mol. The number of amides is 1. The Bertz CT molecular complexity index is 957. The van der Waals surface area contributed by atoms with Gasteiger partial charge in [-0.1, -0.05) is 36.0 Å². The zero-order chi connectivity index (χ0) is 18.6. The fourth-order valence-corrected chi connectivity index (χ4v) is 5.11. The van der Waals surface area contributed by atoms with Crippen LogP contribution in [0.4, 0.5) is 5.69 Å². The average molecular weight is 400 g/mol. The molecule has 27 heavy (non-hydrogen) atoms. The third-order valence-corrected chi connectivity index (χ3v) is 6.50. The number of para-hydroxylation sites is 3. The van der Waals surface area contributed by atoms with Crippen molar-refractivity contribution in [2.45, 2.75) is 16.6 Å². The van der Waals surface area contributed by atoms with Crippen molar-refractivity contribution in [3.05, 3.63) is 48.5 Å². The summed E-state index contributed by atoms with van der Waals surface area (Å²) in [6, 6.07) is 16.2. The number of rotatable bonds is 6. The number of anilines is 1. The maximum absolute atomic E-state index is 12.9. The van der Waals surface area contributed by atoms with E-state index in [0.717, 1.165) is 40.7 Å². The number of imidazole rings is 1. The Morgan fingerprint density at radius 2 is 2.04 bits per heavy atom. The molecule has 0 saturated heterocycles. The first-order valence-electron chi connectivity index (χ1n) is 8.87. The second-order valence-electron chi connectivity index (χ2n) is 6.18. The van der Waals surface area contributed by atoms with Gasteiger partial charge in [0.1, 0.15) is 0 Å². The molecule has 0 radical (unpaired) electrons. The third-order valence-electron chi connectivity index (χ3n) is 4.49. The van der Waals surface area contributed by atoms with Gasteiger partial charge in [-0.15, -0.1) is 11.8 Å². The van der Waals surface area contributed by atoms with Crippen molar-refractivity contribution in [3.8, 4) is 0 Å². The summed E-state index contributed by atoms with van der Waals surface area (Å²) in [4.78, 5) is 20.7. The molecule has 0 bridgehead atoms. The highest BCUT2D eigenvalue weighted by Gasteiger charge is 2.23. The van der Waals surface area contributed by atoms with Crippen molar-refractivity contribution in [2.24, 2.45) is 0 Å². The average Bonchev–Trinajstić information content (AvgIpc) is 3.07. The number of carbonyl (C=O) groups is 1.